The van der Waals surface area contributed by atoms with Gasteiger partial charge in [-0.2, -0.15) is 0 Å². The van der Waals surface area contributed by atoms with E-state index in [1.807, 2.05) is 39.8 Å². The second kappa shape index (κ2) is 8.67. The van der Waals surface area contributed by atoms with Gasteiger partial charge < -0.3 is 13.9 Å². The highest BCUT2D eigenvalue weighted by Gasteiger charge is 2.16. The normalized spacial score (nSPS) is 17.2. The zero-order valence-corrected chi connectivity index (χ0v) is 15.6. The number of ether oxygens (including phenoxy) is 2. The van der Waals surface area contributed by atoms with Gasteiger partial charge in [-0.15, -0.1) is 10.2 Å². The minimum absolute atomic E-state index is 0.522. The summed E-state index contributed by atoms with van der Waals surface area (Å²) in [6.45, 7) is 0. The molecule has 1 saturated heterocycles. The highest BCUT2D eigenvalue weighted by Crippen LogP contribution is 2.40. The SMILES string of the molecule is COc1ccc(-c2nnc(CCCCC3CCSS3)o2)cc1OC. The first kappa shape index (κ1) is 17.5. The monoisotopic (exact) mass is 366 g/mol. The zero-order chi connectivity index (χ0) is 16.8. The molecule has 1 unspecified atom stereocenters. The largest absolute Gasteiger partial charge is 0.493 e. The van der Waals surface area contributed by atoms with E-state index in [1.165, 1.54) is 25.0 Å². The van der Waals surface area contributed by atoms with Crippen LogP contribution in [0.5, 0.6) is 11.5 Å². The molecule has 1 aliphatic heterocycles. The summed E-state index contributed by atoms with van der Waals surface area (Å²) in [5.41, 5.74) is 0.839. The van der Waals surface area contributed by atoms with Crippen molar-refractivity contribution in [2.45, 2.75) is 37.4 Å². The van der Waals surface area contributed by atoms with Crippen molar-refractivity contribution in [3.63, 3.8) is 0 Å². The molecule has 7 heteroatoms. The van der Waals surface area contributed by atoms with E-state index in [4.69, 9.17) is 13.9 Å². The van der Waals surface area contributed by atoms with E-state index in [1.54, 1.807) is 14.2 Å². The topological polar surface area (TPSA) is 57.4 Å². The molecule has 3 rings (SSSR count). The van der Waals surface area contributed by atoms with Crippen molar-refractivity contribution in [1.82, 2.24) is 10.2 Å². The maximum absolute atomic E-state index is 5.79. The second-order valence-corrected chi connectivity index (χ2v) is 8.43. The van der Waals surface area contributed by atoms with Crippen molar-refractivity contribution in [1.29, 1.82) is 0 Å². The summed E-state index contributed by atoms with van der Waals surface area (Å²) >= 11 is 0. The Hall–Kier alpha value is -1.34. The molecular formula is C17H22N2O3S2. The Morgan fingerprint density at radius 3 is 2.79 bits per heavy atom. The maximum atomic E-state index is 5.79. The number of hydrogen-bond acceptors (Lipinski definition) is 7. The van der Waals surface area contributed by atoms with Gasteiger partial charge in [0.15, 0.2) is 11.5 Å². The molecule has 0 bridgehead atoms. The molecule has 0 spiro atoms. The minimum atomic E-state index is 0.522. The van der Waals surface area contributed by atoms with Gasteiger partial charge in [-0.1, -0.05) is 28.0 Å². The van der Waals surface area contributed by atoms with Crippen LogP contribution in [0.25, 0.3) is 11.5 Å². The van der Waals surface area contributed by atoms with E-state index in [0.29, 0.717) is 23.3 Å². The van der Waals surface area contributed by atoms with Gasteiger partial charge in [-0.05, 0) is 37.5 Å². The van der Waals surface area contributed by atoms with Gasteiger partial charge in [0, 0.05) is 23.0 Å². The van der Waals surface area contributed by atoms with Gasteiger partial charge in [0.05, 0.1) is 14.2 Å². The number of unbranched alkanes of at least 4 members (excludes halogenated alkanes) is 1. The number of methoxy groups -OCH3 is 2. The van der Waals surface area contributed by atoms with Gasteiger partial charge in [0.25, 0.3) is 0 Å². The molecule has 0 saturated carbocycles. The van der Waals surface area contributed by atoms with Crippen molar-refractivity contribution in [2.24, 2.45) is 0 Å². The van der Waals surface area contributed by atoms with Gasteiger partial charge in [0.2, 0.25) is 11.8 Å². The maximum Gasteiger partial charge on any atom is 0.247 e. The third kappa shape index (κ3) is 4.39. The number of benzene rings is 1. The van der Waals surface area contributed by atoms with Gasteiger partial charge >= 0.3 is 0 Å². The van der Waals surface area contributed by atoms with Crippen LogP contribution < -0.4 is 9.47 Å². The Kier molecular flexibility index (Phi) is 6.31. The molecule has 1 fully saturated rings. The molecule has 130 valence electrons. The van der Waals surface area contributed by atoms with Crippen LogP contribution in [0.3, 0.4) is 0 Å². The molecule has 1 aromatic heterocycles. The lowest BCUT2D eigenvalue weighted by atomic mass is 10.1. The smallest absolute Gasteiger partial charge is 0.247 e. The van der Waals surface area contributed by atoms with E-state index in [9.17, 15) is 0 Å². The van der Waals surface area contributed by atoms with E-state index in [0.717, 1.165) is 23.7 Å². The number of rotatable bonds is 8. The molecule has 2 aromatic rings. The predicted octanol–water partition coefficient (Wildman–Crippen LogP) is 4.62. The average Bonchev–Trinajstić information content (AvgIpc) is 3.30. The molecule has 0 N–H and O–H groups in total. The lowest BCUT2D eigenvalue weighted by molar-refractivity contribution is 0.355. The van der Waals surface area contributed by atoms with E-state index < -0.39 is 0 Å². The third-order valence-corrected chi connectivity index (χ3v) is 7.00. The molecular weight excluding hydrogens is 344 g/mol. The van der Waals surface area contributed by atoms with Crippen molar-refractivity contribution in [3.05, 3.63) is 24.1 Å². The van der Waals surface area contributed by atoms with E-state index in [-0.39, 0.29) is 0 Å². The third-order valence-electron chi connectivity index (χ3n) is 3.99. The quantitative estimate of drug-likeness (QED) is 0.499. The molecule has 1 atom stereocenters. The summed E-state index contributed by atoms with van der Waals surface area (Å²) in [5, 5.41) is 9.15. The number of hydrogen-bond donors (Lipinski definition) is 0. The standard InChI is InChI=1S/C17H22N2O3S2/c1-20-14-8-7-12(11-15(14)21-2)17-19-18-16(22-17)6-4-3-5-13-9-10-23-24-13/h7-8,11,13H,3-6,9-10H2,1-2H3. The van der Waals surface area contributed by atoms with Crippen LogP contribution in [0.4, 0.5) is 0 Å². The lowest BCUT2D eigenvalue weighted by Crippen LogP contribution is -1.97. The van der Waals surface area contributed by atoms with Crippen molar-refractivity contribution in [3.8, 4) is 23.0 Å². The second-order valence-electron chi connectivity index (χ2n) is 5.65. The zero-order valence-electron chi connectivity index (χ0n) is 14.0. The first-order chi connectivity index (χ1) is 11.8. The molecule has 1 aromatic carbocycles. The minimum Gasteiger partial charge on any atom is -0.493 e. The summed E-state index contributed by atoms with van der Waals surface area (Å²) in [5.74, 6) is 3.86. The Morgan fingerprint density at radius 1 is 1.17 bits per heavy atom. The van der Waals surface area contributed by atoms with Crippen molar-refractivity contribution in [2.75, 3.05) is 20.0 Å². The Bertz CT molecular complexity index is 657. The van der Waals surface area contributed by atoms with Crippen molar-refractivity contribution < 1.29 is 13.9 Å². The molecule has 24 heavy (non-hydrogen) atoms. The van der Waals surface area contributed by atoms with E-state index >= 15 is 0 Å². The van der Waals surface area contributed by atoms with E-state index in [2.05, 4.69) is 10.2 Å². The van der Waals surface area contributed by atoms with Crippen LogP contribution in [0.1, 0.15) is 31.6 Å². The average molecular weight is 367 g/mol. The Balaban J connectivity index is 1.54. The Labute approximate surface area is 150 Å². The molecule has 0 aliphatic carbocycles. The number of aromatic nitrogens is 2. The summed E-state index contributed by atoms with van der Waals surface area (Å²) in [7, 11) is 7.27. The Morgan fingerprint density at radius 2 is 2.04 bits per heavy atom. The van der Waals surface area contributed by atoms with Crippen LogP contribution in [0.2, 0.25) is 0 Å². The molecule has 2 heterocycles. The van der Waals surface area contributed by atoms with Crippen LogP contribution >= 0.6 is 21.6 Å². The van der Waals surface area contributed by atoms with Crippen LogP contribution in [0.15, 0.2) is 22.6 Å². The molecule has 5 nitrogen and oxygen atoms in total. The van der Waals surface area contributed by atoms with Crippen LogP contribution in [-0.4, -0.2) is 35.4 Å². The first-order valence-corrected chi connectivity index (χ1v) is 10.5. The number of aryl methyl sites for hydroxylation is 1. The van der Waals surface area contributed by atoms with Gasteiger partial charge in [0.1, 0.15) is 0 Å². The fraction of sp³-hybridized carbons (Fsp3) is 0.529. The van der Waals surface area contributed by atoms with Gasteiger partial charge in [-0.3, -0.25) is 0 Å². The summed E-state index contributed by atoms with van der Waals surface area (Å²) < 4.78 is 16.3. The highest BCUT2D eigenvalue weighted by atomic mass is 33.1. The molecule has 1 aliphatic rings. The number of nitrogens with zero attached hydrogens (tertiary/aromatic N) is 2. The van der Waals surface area contributed by atoms with Crippen LogP contribution in [0, 0.1) is 0 Å². The van der Waals surface area contributed by atoms with Gasteiger partial charge in [-0.25, -0.2) is 0 Å². The fourth-order valence-corrected chi connectivity index (χ4v) is 5.68. The fourth-order valence-electron chi connectivity index (χ4n) is 2.65. The molecule has 0 amide bonds. The summed E-state index contributed by atoms with van der Waals surface area (Å²) in [6, 6.07) is 5.59. The van der Waals surface area contributed by atoms with Crippen LogP contribution in [-0.2, 0) is 6.42 Å². The van der Waals surface area contributed by atoms with Crippen molar-refractivity contribution >= 4 is 21.6 Å². The predicted molar refractivity (Wildman–Crippen MR) is 98.8 cm³/mol. The summed E-state index contributed by atoms with van der Waals surface area (Å²) in [4.78, 5) is 0. The first-order valence-electron chi connectivity index (χ1n) is 8.13. The highest BCUT2D eigenvalue weighted by molar-refractivity contribution is 8.77. The summed E-state index contributed by atoms with van der Waals surface area (Å²) in [6.07, 6.45) is 5.78. The lowest BCUT2D eigenvalue weighted by Gasteiger charge is -2.07. The molecule has 0 radical (unpaired) electrons.